The summed E-state index contributed by atoms with van der Waals surface area (Å²) in [6.45, 7) is 2.31. The van der Waals surface area contributed by atoms with Gasteiger partial charge >= 0.3 is 6.03 Å². The monoisotopic (exact) mass is 508 g/mol. The molecular formula is C27H22ClFN2O5. The fourth-order valence-electron chi connectivity index (χ4n) is 3.82. The van der Waals surface area contributed by atoms with Crippen molar-refractivity contribution in [3.05, 3.63) is 93.8 Å². The van der Waals surface area contributed by atoms with Gasteiger partial charge in [0.1, 0.15) is 22.9 Å². The summed E-state index contributed by atoms with van der Waals surface area (Å²) in [6, 6.07) is 15.0. The Balaban J connectivity index is 1.67. The molecule has 184 valence electrons. The molecule has 0 bridgehead atoms. The molecule has 3 aromatic carbocycles. The summed E-state index contributed by atoms with van der Waals surface area (Å²) in [6.07, 6.45) is 1.51. The van der Waals surface area contributed by atoms with Gasteiger partial charge in [0.2, 0.25) is 0 Å². The first-order chi connectivity index (χ1) is 17.3. The standard InChI is InChI=1S/C27H22ClFN2O5/c1-3-36-19-10-8-18(9-11-19)31-26(33)21(25(32)30-27(31)34)12-16-13-22(28)20(24(14-16)35-2)15-17-6-4-5-7-23(17)29/h4-14H,3,15H2,1-2H3,(H,30,32,34)/b21-12+. The number of rotatable bonds is 7. The molecule has 4 amide bonds. The summed E-state index contributed by atoms with van der Waals surface area (Å²) < 4.78 is 25.0. The van der Waals surface area contributed by atoms with E-state index in [4.69, 9.17) is 21.1 Å². The maximum Gasteiger partial charge on any atom is 0.335 e. The van der Waals surface area contributed by atoms with E-state index in [0.29, 0.717) is 34.8 Å². The van der Waals surface area contributed by atoms with Crippen molar-refractivity contribution in [2.24, 2.45) is 0 Å². The average Bonchev–Trinajstić information content (AvgIpc) is 2.85. The number of carbonyl (C=O) groups excluding carboxylic acids is 3. The highest BCUT2D eigenvalue weighted by Crippen LogP contribution is 2.33. The number of ether oxygens (including phenoxy) is 2. The van der Waals surface area contributed by atoms with Crippen molar-refractivity contribution in [1.29, 1.82) is 0 Å². The SMILES string of the molecule is CCOc1ccc(N2C(=O)NC(=O)/C(=C\c3cc(Cl)c(Cc4ccccc4F)c(OC)c3)C2=O)cc1. The Kier molecular flexibility index (Phi) is 7.36. The average molecular weight is 509 g/mol. The molecule has 1 aliphatic rings. The maximum atomic E-state index is 14.2. The van der Waals surface area contributed by atoms with Crippen LogP contribution in [0.3, 0.4) is 0 Å². The molecule has 9 heteroatoms. The molecule has 0 saturated carbocycles. The number of hydrogen-bond donors (Lipinski definition) is 1. The Labute approximate surface area is 212 Å². The van der Waals surface area contributed by atoms with Gasteiger partial charge in [-0.2, -0.15) is 0 Å². The van der Waals surface area contributed by atoms with Crippen LogP contribution in [0.15, 0.2) is 66.2 Å². The van der Waals surface area contributed by atoms with Gasteiger partial charge in [0.15, 0.2) is 0 Å². The van der Waals surface area contributed by atoms with Crippen LogP contribution in [0.25, 0.3) is 6.08 Å². The number of methoxy groups -OCH3 is 1. The molecule has 4 rings (SSSR count). The lowest BCUT2D eigenvalue weighted by Crippen LogP contribution is -2.54. The molecule has 0 aliphatic carbocycles. The van der Waals surface area contributed by atoms with E-state index in [1.54, 1.807) is 54.6 Å². The van der Waals surface area contributed by atoms with Crippen LogP contribution in [0, 0.1) is 5.82 Å². The molecule has 0 spiro atoms. The zero-order chi connectivity index (χ0) is 25.8. The van der Waals surface area contributed by atoms with E-state index >= 15 is 0 Å². The Morgan fingerprint density at radius 2 is 1.78 bits per heavy atom. The lowest BCUT2D eigenvalue weighted by Gasteiger charge is -2.26. The van der Waals surface area contributed by atoms with Gasteiger partial charge in [0, 0.05) is 17.0 Å². The number of urea groups is 1. The number of halogens is 2. The van der Waals surface area contributed by atoms with Crippen molar-refractivity contribution in [1.82, 2.24) is 5.32 Å². The van der Waals surface area contributed by atoms with E-state index in [9.17, 15) is 18.8 Å². The smallest absolute Gasteiger partial charge is 0.335 e. The topological polar surface area (TPSA) is 84.9 Å². The summed E-state index contributed by atoms with van der Waals surface area (Å²) in [7, 11) is 1.44. The minimum Gasteiger partial charge on any atom is -0.496 e. The number of nitrogens with one attached hydrogen (secondary N) is 1. The molecule has 1 saturated heterocycles. The lowest BCUT2D eigenvalue weighted by molar-refractivity contribution is -0.122. The van der Waals surface area contributed by atoms with Crippen LogP contribution in [0.2, 0.25) is 5.02 Å². The van der Waals surface area contributed by atoms with E-state index in [1.807, 2.05) is 6.92 Å². The molecule has 1 N–H and O–H groups in total. The second-order valence-electron chi connectivity index (χ2n) is 7.84. The number of benzene rings is 3. The predicted octanol–water partition coefficient (Wildman–Crippen LogP) is 5.14. The Hall–Kier alpha value is -4.17. The summed E-state index contributed by atoms with van der Waals surface area (Å²) in [5.41, 5.74) is 1.40. The van der Waals surface area contributed by atoms with E-state index in [-0.39, 0.29) is 28.5 Å². The molecule has 36 heavy (non-hydrogen) atoms. The Bertz CT molecular complexity index is 1370. The largest absolute Gasteiger partial charge is 0.496 e. The van der Waals surface area contributed by atoms with Crippen LogP contribution in [-0.2, 0) is 16.0 Å². The van der Waals surface area contributed by atoms with Gasteiger partial charge < -0.3 is 9.47 Å². The minimum absolute atomic E-state index is 0.185. The predicted molar refractivity (Wildman–Crippen MR) is 134 cm³/mol. The van der Waals surface area contributed by atoms with Crippen LogP contribution in [0.1, 0.15) is 23.6 Å². The second kappa shape index (κ2) is 10.6. The van der Waals surface area contributed by atoms with E-state index in [1.165, 1.54) is 19.3 Å². The Morgan fingerprint density at radius 1 is 1.06 bits per heavy atom. The third-order valence-electron chi connectivity index (χ3n) is 5.54. The Morgan fingerprint density at radius 3 is 2.44 bits per heavy atom. The van der Waals surface area contributed by atoms with Gasteiger partial charge in [-0.15, -0.1) is 0 Å². The molecule has 0 radical (unpaired) electrons. The van der Waals surface area contributed by atoms with Gasteiger partial charge in [0.05, 0.1) is 19.4 Å². The minimum atomic E-state index is -0.859. The number of imide groups is 2. The first-order valence-electron chi connectivity index (χ1n) is 11.1. The normalized spacial score (nSPS) is 14.7. The number of anilines is 1. The highest BCUT2D eigenvalue weighted by atomic mass is 35.5. The molecule has 0 unspecified atom stereocenters. The first kappa shape index (κ1) is 24.9. The van der Waals surface area contributed by atoms with E-state index < -0.39 is 17.8 Å². The van der Waals surface area contributed by atoms with Crippen molar-refractivity contribution in [3.63, 3.8) is 0 Å². The summed E-state index contributed by atoms with van der Waals surface area (Å²) >= 11 is 6.50. The first-order valence-corrected chi connectivity index (χ1v) is 11.4. The van der Waals surface area contributed by atoms with Crippen molar-refractivity contribution in [3.8, 4) is 11.5 Å². The highest BCUT2D eigenvalue weighted by molar-refractivity contribution is 6.39. The van der Waals surface area contributed by atoms with Gasteiger partial charge in [-0.3, -0.25) is 14.9 Å². The summed E-state index contributed by atoms with van der Waals surface area (Å²) in [4.78, 5) is 39.1. The van der Waals surface area contributed by atoms with Crippen LogP contribution >= 0.6 is 11.6 Å². The number of carbonyl (C=O) groups is 3. The molecule has 3 aromatic rings. The van der Waals surface area contributed by atoms with Crippen molar-refractivity contribution < 1.29 is 28.2 Å². The van der Waals surface area contributed by atoms with Crippen LogP contribution in [0.5, 0.6) is 11.5 Å². The molecule has 1 aliphatic heterocycles. The molecule has 1 heterocycles. The zero-order valence-electron chi connectivity index (χ0n) is 19.5. The third-order valence-corrected chi connectivity index (χ3v) is 5.88. The zero-order valence-corrected chi connectivity index (χ0v) is 20.3. The van der Waals surface area contributed by atoms with Gasteiger partial charge in [-0.1, -0.05) is 29.8 Å². The molecule has 0 aromatic heterocycles. The fourth-order valence-corrected chi connectivity index (χ4v) is 4.10. The van der Waals surface area contributed by atoms with Gasteiger partial charge in [-0.25, -0.2) is 14.1 Å². The van der Waals surface area contributed by atoms with Gasteiger partial charge in [0.25, 0.3) is 11.8 Å². The van der Waals surface area contributed by atoms with Crippen LogP contribution in [0.4, 0.5) is 14.9 Å². The quantitative estimate of drug-likeness (QED) is 0.353. The lowest BCUT2D eigenvalue weighted by atomic mass is 10.00. The van der Waals surface area contributed by atoms with E-state index in [0.717, 1.165) is 4.90 Å². The molecule has 0 atom stereocenters. The molecular weight excluding hydrogens is 487 g/mol. The molecule has 7 nitrogen and oxygen atoms in total. The fraction of sp³-hybridized carbons (Fsp3) is 0.148. The molecule has 1 fully saturated rings. The third kappa shape index (κ3) is 5.08. The summed E-state index contributed by atoms with van der Waals surface area (Å²) in [5.74, 6) is -1.06. The number of barbiturate groups is 1. The van der Waals surface area contributed by atoms with Crippen molar-refractivity contribution in [2.75, 3.05) is 18.6 Å². The van der Waals surface area contributed by atoms with Crippen molar-refractivity contribution in [2.45, 2.75) is 13.3 Å². The summed E-state index contributed by atoms with van der Waals surface area (Å²) in [5, 5.41) is 2.45. The van der Waals surface area contributed by atoms with Crippen LogP contribution < -0.4 is 19.7 Å². The number of amides is 4. The maximum absolute atomic E-state index is 14.2. The van der Waals surface area contributed by atoms with Gasteiger partial charge in [-0.05, 0) is 66.6 Å². The van der Waals surface area contributed by atoms with Crippen LogP contribution in [-0.4, -0.2) is 31.6 Å². The van der Waals surface area contributed by atoms with E-state index in [2.05, 4.69) is 5.32 Å². The number of nitrogens with zero attached hydrogens (tertiary/aromatic N) is 1. The highest BCUT2D eigenvalue weighted by Gasteiger charge is 2.36. The van der Waals surface area contributed by atoms with Crippen molar-refractivity contribution >= 4 is 41.2 Å². The number of hydrogen-bond acceptors (Lipinski definition) is 5. The second-order valence-corrected chi connectivity index (χ2v) is 8.24.